The maximum absolute atomic E-state index is 14.0. The van der Waals surface area contributed by atoms with Crippen LogP contribution in [0.15, 0.2) is 54.6 Å². The molecule has 2 aliphatic heterocycles. The second-order valence-electron chi connectivity index (χ2n) is 10.9. The fourth-order valence-electron chi connectivity index (χ4n) is 5.81. The first-order valence-corrected chi connectivity index (χ1v) is 14.3. The van der Waals surface area contributed by atoms with Gasteiger partial charge in [-0.2, -0.15) is 0 Å². The van der Waals surface area contributed by atoms with Crippen molar-refractivity contribution in [2.75, 3.05) is 6.54 Å². The minimum Gasteiger partial charge on any atom is -0.391 e. The number of rotatable bonds is 7. The van der Waals surface area contributed by atoms with E-state index in [0.29, 0.717) is 13.1 Å². The Morgan fingerprint density at radius 3 is 2.64 bits per heavy atom. The van der Waals surface area contributed by atoms with E-state index in [1.807, 2.05) is 62.4 Å². The highest BCUT2D eigenvalue weighted by Gasteiger charge is 2.44. The van der Waals surface area contributed by atoms with Crippen LogP contribution in [0.1, 0.15) is 48.2 Å². The van der Waals surface area contributed by atoms with Crippen molar-refractivity contribution in [2.45, 2.75) is 65.4 Å². The van der Waals surface area contributed by atoms with Crippen LogP contribution in [0.2, 0.25) is 0 Å². The Morgan fingerprint density at radius 1 is 1.21 bits per heavy atom. The van der Waals surface area contributed by atoms with Crippen LogP contribution in [0.25, 0.3) is 16.1 Å². The van der Waals surface area contributed by atoms with Gasteiger partial charge in [0.25, 0.3) is 0 Å². The number of aromatic nitrogens is 1. The summed E-state index contributed by atoms with van der Waals surface area (Å²) in [6.07, 6.45) is -0.508. The van der Waals surface area contributed by atoms with E-state index in [0.717, 1.165) is 44.1 Å². The maximum atomic E-state index is 14.0. The summed E-state index contributed by atoms with van der Waals surface area (Å²) in [4.78, 5) is 36.5. The number of aliphatic hydroxyl groups is 1. The van der Waals surface area contributed by atoms with Gasteiger partial charge in [-0.15, -0.1) is 11.3 Å². The third kappa shape index (κ3) is 5.23. The van der Waals surface area contributed by atoms with Crippen LogP contribution in [0, 0.1) is 19.8 Å². The number of likely N-dealkylation sites (tertiary alicyclic amines) is 1. The van der Waals surface area contributed by atoms with Gasteiger partial charge in [0.1, 0.15) is 12.1 Å². The summed E-state index contributed by atoms with van der Waals surface area (Å²) in [6.45, 7) is 13.4. The minimum absolute atomic E-state index is 0.00615. The van der Waals surface area contributed by atoms with E-state index in [4.69, 9.17) is 0 Å². The average molecular weight is 545 g/mol. The molecule has 7 nitrogen and oxygen atoms in total. The van der Waals surface area contributed by atoms with E-state index < -0.39 is 18.2 Å². The van der Waals surface area contributed by atoms with Crippen molar-refractivity contribution in [3.63, 3.8) is 0 Å². The molecule has 2 N–H and O–H groups in total. The maximum Gasteiger partial charge on any atom is 0.246 e. The van der Waals surface area contributed by atoms with Crippen molar-refractivity contribution in [1.82, 2.24) is 20.1 Å². The predicted octanol–water partition coefficient (Wildman–Crippen LogP) is 4.52. The molecule has 3 atom stereocenters. The lowest BCUT2D eigenvalue weighted by Crippen LogP contribution is -2.54. The number of amides is 2. The smallest absolute Gasteiger partial charge is 0.246 e. The van der Waals surface area contributed by atoms with Crippen LogP contribution in [0.5, 0.6) is 0 Å². The topological polar surface area (TPSA) is 85.8 Å². The molecule has 204 valence electrons. The summed E-state index contributed by atoms with van der Waals surface area (Å²) in [5, 5.41) is 13.5. The molecule has 5 rings (SSSR count). The number of aryl methyl sites for hydroxylation is 2. The molecule has 1 aromatic heterocycles. The lowest BCUT2D eigenvalue weighted by Gasteiger charge is -2.36. The molecule has 0 radical (unpaired) electrons. The Hall–Kier alpha value is -3.49. The molecule has 0 saturated carbocycles. The third-order valence-electron chi connectivity index (χ3n) is 7.90. The fourth-order valence-corrected chi connectivity index (χ4v) is 6.61. The van der Waals surface area contributed by atoms with Crippen LogP contribution in [-0.4, -0.2) is 56.4 Å². The number of hydrogen-bond acceptors (Lipinski definition) is 6. The first-order valence-electron chi connectivity index (χ1n) is 13.5. The molecule has 0 aliphatic carbocycles. The van der Waals surface area contributed by atoms with Crippen LogP contribution in [0.3, 0.4) is 0 Å². The Balaban J connectivity index is 1.29. The molecule has 8 heteroatoms. The van der Waals surface area contributed by atoms with E-state index in [2.05, 4.69) is 35.1 Å². The summed E-state index contributed by atoms with van der Waals surface area (Å²) in [7, 11) is 0. The zero-order valence-corrected chi connectivity index (χ0v) is 23.8. The van der Waals surface area contributed by atoms with Crippen molar-refractivity contribution in [1.29, 1.82) is 0 Å². The summed E-state index contributed by atoms with van der Waals surface area (Å²) in [6, 6.07) is 13.1. The van der Waals surface area contributed by atoms with Gasteiger partial charge in [-0.1, -0.05) is 62.9 Å². The molecule has 0 bridgehead atoms. The van der Waals surface area contributed by atoms with E-state index in [1.54, 1.807) is 16.2 Å². The van der Waals surface area contributed by atoms with Gasteiger partial charge in [0.05, 0.1) is 22.2 Å². The highest BCUT2D eigenvalue weighted by atomic mass is 32.1. The third-order valence-corrected chi connectivity index (χ3v) is 8.88. The largest absolute Gasteiger partial charge is 0.391 e. The molecule has 2 amide bonds. The van der Waals surface area contributed by atoms with Gasteiger partial charge >= 0.3 is 0 Å². The number of nitrogens with zero attached hydrogens (tertiary/aromatic N) is 3. The lowest BCUT2D eigenvalue weighted by molar-refractivity contribution is -0.143. The second kappa shape index (κ2) is 10.9. The second-order valence-corrected chi connectivity index (χ2v) is 11.8. The van der Waals surface area contributed by atoms with Crippen LogP contribution in [-0.2, 0) is 22.7 Å². The number of β-amino-alcohol motifs (C(OH)–C–C–N with tert-alkyl or cyclic N) is 1. The molecule has 0 spiro atoms. The van der Waals surface area contributed by atoms with E-state index in [1.165, 1.54) is 0 Å². The lowest BCUT2D eigenvalue weighted by atomic mass is 10.00. The quantitative estimate of drug-likeness (QED) is 0.457. The van der Waals surface area contributed by atoms with Crippen molar-refractivity contribution in [3.05, 3.63) is 82.5 Å². The number of aliphatic hydroxyl groups excluding tert-OH is 1. The molecule has 2 aliphatic rings. The van der Waals surface area contributed by atoms with Gasteiger partial charge < -0.3 is 20.2 Å². The zero-order chi connectivity index (χ0) is 27.8. The SMILES string of the molecule is C=C1c2ccccc2CN1[C@H](C(=O)N1C[C@H](O)C[C@H]1C(=O)NCc1ccc(-c2scnc2C)cc1C)C(C)C. The molecule has 1 saturated heterocycles. The average Bonchev–Trinajstić information content (AvgIpc) is 3.60. The molecule has 2 aromatic carbocycles. The summed E-state index contributed by atoms with van der Waals surface area (Å²) < 4.78 is 0. The number of carbonyl (C=O) groups is 2. The highest BCUT2D eigenvalue weighted by Crippen LogP contribution is 2.36. The van der Waals surface area contributed by atoms with Crippen LogP contribution >= 0.6 is 11.3 Å². The Morgan fingerprint density at radius 2 is 1.97 bits per heavy atom. The summed E-state index contributed by atoms with van der Waals surface area (Å²) in [5.41, 5.74) is 9.08. The Kier molecular flexibility index (Phi) is 7.60. The summed E-state index contributed by atoms with van der Waals surface area (Å²) in [5.74, 6) is -0.391. The summed E-state index contributed by atoms with van der Waals surface area (Å²) >= 11 is 1.61. The fraction of sp³-hybridized carbons (Fsp3) is 0.387. The molecule has 3 heterocycles. The van der Waals surface area contributed by atoms with Gasteiger partial charge in [0.15, 0.2) is 0 Å². The van der Waals surface area contributed by atoms with E-state index in [-0.39, 0.29) is 30.7 Å². The van der Waals surface area contributed by atoms with Crippen molar-refractivity contribution >= 4 is 28.8 Å². The number of carbonyl (C=O) groups excluding carboxylic acids is 2. The van der Waals surface area contributed by atoms with Crippen LogP contribution in [0.4, 0.5) is 0 Å². The molecular formula is C31H36N4O3S. The Labute approximate surface area is 234 Å². The van der Waals surface area contributed by atoms with Gasteiger partial charge in [-0.3, -0.25) is 9.59 Å². The van der Waals surface area contributed by atoms with Gasteiger partial charge in [0, 0.05) is 37.3 Å². The number of hydrogen-bond donors (Lipinski definition) is 2. The number of fused-ring (bicyclic) bond motifs is 1. The molecule has 3 aromatic rings. The van der Waals surface area contributed by atoms with E-state index in [9.17, 15) is 14.7 Å². The molecule has 0 unspecified atom stereocenters. The normalized spacial score (nSPS) is 19.5. The zero-order valence-electron chi connectivity index (χ0n) is 23.0. The molecule has 1 fully saturated rings. The number of benzene rings is 2. The van der Waals surface area contributed by atoms with E-state index >= 15 is 0 Å². The minimum atomic E-state index is -0.736. The van der Waals surface area contributed by atoms with Gasteiger partial charge in [-0.25, -0.2) is 4.98 Å². The number of thiazole rings is 1. The Bertz CT molecular complexity index is 1410. The van der Waals surface area contributed by atoms with Crippen molar-refractivity contribution in [2.24, 2.45) is 5.92 Å². The molecular weight excluding hydrogens is 508 g/mol. The first kappa shape index (κ1) is 27.1. The predicted molar refractivity (Wildman–Crippen MR) is 155 cm³/mol. The number of nitrogens with one attached hydrogen (secondary N) is 1. The first-order chi connectivity index (χ1) is 18.7. The van der Waals surface area contributed by atoms with Crippen molar-refractivity contribution in [3.8, 4) is 10.4 Å². The molecule has 39 heavy (non-hydrogen) atoms. The van der Waals surface area contributed by atoms with Gasteiger partial charge in [0.2, 0.25) is 11.8 Å². The van der Waals surface area contributed by atoms with Crippen LogP contribution < -0.4 is 5.32 Å². The van der Waals surface area contributed by atoms with Crippen molar-refractivity contribution < 1.29 is 14.7 Å². The standard InChI is InChI=1S/C31H36N4O3S/c1-18(2)28(34-15-24-8-6-7-9-26(24)21(34)5)31(38)35-16-25(36)13-27(35)30(37)32-14-23-11-10-22(12-19(23)3)29-20(4)33-17-39-29/h6-12,17-18,25,27-28,36H,5,13-16H2,1-4H3,(H,32,37)/t25-,27+,28+/m1/s1. The highest BCUT2D eigenvalue weighted by molar-refractivity contribution is 7.13. The van der Waals surface area contributed by atoms with Gasteiger partial charge in [-0.05, 0) is 42.0 Å². The monoisotopic (exact) mass is 544 g/mol.